The molecule has 0 spiro atoms. The summed E-state index contributed by atoms with van der Waals surface area (Å²) >= 11 is 0. The van der Waals surface area contributed by atoms with Crippen molar-refractivity contribution in [2.24, 2.45) is 0 Å². The average molecular weight is 414 g/mol. The molecule has 2 N–H and O–H groups in total. The Balaban J connectivity index is 1.65. The normalized spacial score (nSPS) is 10.5. The lowest BCUT2D eigenvalue weighted by atomic mass is 10.2. The topological polar surface area (TPSA) is 93.7 Å². The second kappa shape index (κ2) is 12.0. The Morgan fingerprint density at radius 2 is 1.77 bits per heavy atom. The number of benzene rings is 2. The van der Waals surface area contributed by atoms with Crippen molar-refractivity contribution in [3.8, 4) is 5.75 Å². The SMILES string of the molecule is CCOC(=O)Oc1ccc(C(=O)NCCCNC(=O)/C=C/c2cccc(F)c2)cc1. The summed E-state index contributed by atoms with van der Waals surface area (Å²) in [6, 6.07) is 12.0. The van der Waals surface area contributed by atoms with Gasteiger partial charge < -0.3 is 20.1 Å². The van der Waals surface area contributed by atoms with Crippen LogP contribution in [0.3, 0.4) is 0 Å². The van der Waals surface area contributed by atoms with Gasteiger partial charge in [-0.05, 0) is 61.4 Å². The van der Waals surface area contributed by atoms with Crippen LogP contribution < -0.4 is 15.4 Å². The smallest absolute Gasteiger partial charge is 0.434 e. The number of carbonyl (C=O) groups excluding carboxylic acids is 3. The van der Waals surface area contributed by atoms with E-state index in [0.717, 1.165) is 0 Å². The molecule has 0 aliphatic carbocycles. The van der Waals surface area contributed by atoms with Crippen molar-refractivity contribution >= 4 is 24.0 Å². The highest BCUT2D eigenvalue weighted by molar-refractivity contribution is 5.94. The van der Waals surface area contributed by atoms with Crippen molar-refractivity contribution < 1.29 is 28.2 Å². The van der Waals surface area contributed by atoms with Crippen LogP contribution in [0.4, 0.5) is 9.18 Å². The fourth-order valence-corrected chi connectivity index (χ4v) is 2.36. The number of rotatable bonds is 9. The number of hydrogen-bond donors (Lipinski definition) is 2. The summed E-state index contributed by atoms with van der Waals surface area (Å²) in [5.74, 6) is -0.675. The summed E-state index contributed by atoms with van der Waals surface area (Å²) in [6.07, 6.45) is 2.58. The molecule has 0 unspecified atom stereocenters. The number of carbonyl (C=O) groups is 3. The Kier molecular flexibility index (Phi) is 9.05. The van der Waals surface area contributed by atoms with E-state index in [1.807, 2.05) is 0 Å². The molecule has 158 valence electrons. The van der Waals surface area contributed by atoms with Gasteiger partial charge in [-0.15, -0.1) is 0 Å². The predicted molar refractivity (Wildman–Crippen MR) is 109 cm³/mol. The zero-order chi connectivity index (χ0) is 21.8. The van der Waals surface area contributed by atoms with Crippen LogP contribution in [0.2, 0.25) is 0 Å². The van der Waals surface area contributed by atoms with Crippen LogP contribution in [0.25, 0.3) is 6.08 Å². The number of halogens is 1. The number of amides is 2. The molecule has 0 aliphatic rings. The predicted octanol–water partition coefficient (Wildman–Crippen LogP) is 3.31. The van der Waals surface area contributed by atoms with E-state index in [9.17, 15) is 18.8 Å². The van der Waals surface area contributed by atoms with Gasteiger partial charge in [0.05, 0.1) is 6.61 Å². The number of ether oxygens (including phenoxy) is 2. The molecule has 0 heterocycles. The molecular formula is C22H23FN2O5. The molecule has 2 amide bonds. The molecule has 8 heteroatoms. The highest BCUT2D eigenvalue weighted by Crippen LogP contribution is 2.13. The first kappa shape index (κ1) is 22.6. The maximum absolute atomic E-state index is 13.1. The van der Waals surface area contributed by atoms with Gasteiger partial charge in [-0.25, -0.2) is 9.18 Å². The molecule has 2 aromatic rings. The van der Waals surface area contributed by atoms with Crippen LogP contribution in [0.5, 0.6) is 5.75 Å². The van der Waals surface area contributed by atoms with Crippen LogP contribution >= 0.6 is 0 Å². The minimum Gasteiger partial charge on any atom is -0.434 e. The Hall–Kier alpha value is -3.68. The fourth-order valence-electron chi connectivity index (χ4n) is 2.36. The van der Waals surface area contributed by atoms with E-state index in [2.05, 4.69) is 15.4 Å². The molecule has 7 nitrogen and oxygen atoms in total. The first-order chi connectivity index (χ1) is 14.5. The third kappa shape index (κ3) is 8.14. The molecule has 0 aliphatic heterocycles. The monoisotopic (exact) mass is 414 g/mol. The van der Waals surface area contributed by atoms with E-state index in [0.29, 0.717) is 30.6 Å². The van der Waals surface area contributed by atoms with Crippen LogP contribution in [0.1, 0.15) is 29.3 Å². The summed E-state index contributed by atoms with van der Waals surface area (Å²) < 4.78 is 22.7. The van der Waals surface area contributed by atoms with E-state index in [1.54, 1.807) is 19.1 Å². The molecule has 0 atom stereocenters. The summed E-state index contributed by atoms with van der Waals surface area (Å²) in [6.45, 7) is 2.62. The van der Waals surface area contributed by atoms with Gasteiger partial charge >= 0.3 is 6.16 Å². The lowest BCUT2D eigenvalue weighted by Crippen LogP contribution is -2.29. The fraction of sp³-hybridized carbons (Fsp3) is 0.227. The van der Waals surface area contributed by atoms with Gasteiger partial charge in [0.1, 0.15) is 11.6 Å². The molecule has 0 fully saturated rings. The highest BCUT2D eigenvalue weighted by atomic mass is 19.1. The van der Waals surface area contributed by atoms with Gasteiger partial charge in [0.2, 0.25) is 5.91 Å². The standard InChI is InChI=1S/C22H23FN2O5/c1-2-29-22(28)30-19-10-8-17(9-11-19)21(27)25-14-4-13-24-20(26)12-7-16-5-3-6-18(23)15-16/h3,5-12,15H,2,4,13-14H2,1H3,(H,24,26)(H,25,27)/b12-7+. The molecule has 30 heavy (non-hydrogen) atoms. The van der Waals surface area contributed by atoms with Crippen molar-refractivity contribution in [2.45, 2.75) is 13.3 Å². The quantitative estimate of drug-likeness (QED) is 0.284. The molecule has 0 bridgehead atoms. The van der Waals surface area contributed by atoms with Gasteiger partial charge in [-0.3, -0.25) is 9.59 Å². The van der Waals surface area contributed by atoms with Crippen molar-refractivity contribution in [1.82, 2.24) is 10.6 Å². The van der Waals surface area contributed by atoms with Gasteiger partial charge in [-0.2, -0.15) is 0 Å². The van der Waals surface area contributed by atoms with E-state index < -0.39 is 6.16 Å². The zero-order valence-electron chi connectivity index (χ0n) is 16.5. The molecule has 0 saturated carbocycles. The van der Waals surface area contributed by atoms with Gasteiger partial charge in [0, 0.05) is 24.7 Å². The molecule has 2 aromatic carbocycles. The van der Waals surface area contributed by atoms with Crippen LogP contribution in [-0.2, 0) is 9.53 Å². The van der Waals surface area contributed by atoms with E-state index >= 15 is 0 Å². The largest absolute Gasteiger partial charge is 0.513 e. The lowest BCUT2D eigenvalue weighted by Gasteiger charge is -2.07. The lowest BCUT2D eigenvalue weighted by molar-refractivity contribution is -0.116. The van der Waals surface area contributed by atoms with Crippen molar-refractivity contribution in [3.63, 3.8) is 0 Å². The molecule has 0 aromatic heterocycles. The van der Waals surface area contributed by atoms with E-state index in [-0.39, 0.29) is 30.0 Å². The van der Waals surface area contributed by atoms with E-state index in [4.69, 9.17) is 4.74 Å². The number of hydrogen-bond acceptors (Lipinski definition) is 5. The van der Waals surface area contributed by atoms with Gasteiger partial charge in [-0.1, -0.05) is 12.1 Å². The summed E-state index contributed by atoms with van der Waals surface area (Å²) in [5, 5.41) is 5.42. The molecule has 2 rings (SSSR count). The summed E-state index contributed by atoms with van der Waals surface area (Å²) in [4.78, 5) is 35.1. The minimum absolute atomic E-state index is 0.211. The van der Waals surface area contributed by atoms with Crippen LogP contribution in [-0.4, -0.2) is 37.7 Å². The maximum Gasteiger partial charge on any atom is 0.513 e. The second-order valence-electron chi connectivity index (χ2n) is 6.10. The van der Waals surface area contributed by atoms with Crippen molar-refractivity contribution in [2.75, 3.05) is 19.7 Å². The van der Waals surface area contributed by atoms with Crippen LogP contribution in [0, 0.1) is 5.82 Å². The Bertz CT molecular complexity index is 897. The third-order valence-corrected chi connectivity index (χ3v) is 3.79. The number of nitrogens with one attached hydrogen (secondary N) is 2. The van der Waals surface area contributed by atoms with Crippen LogP contribution in [0.15, 0.2) is 54.6 Å². The first-order valence-corrected chi connectivity index (χ1v) is 9.42. The average Bonchev–Trinajstić information content (AvgIpc) is 2.72. The Labute approximate surface area is 173 Å². The minimum atomic E-state index is -0.803. The zero-order valence-corrected chi connectivity index (χ0v) is 16.5. The summed E-state index contributed by atoms with van der Waals surface area (Å²) in [5.41, 5.74) is 1.00. The molecule has 0 radical (unpaired) electrons. The summed E-state index contributed by atoms with van der Waals surface area (Å²) in [7, 11) is 0. The van der Waals surface area contributed by atoms with Gasteiger partial charge in [0.15, 0.2) is 0 Å². The maximum atomic E-state index is 13.1. The second-order valence-corrected chi connectivity index (χ2v) is 6.10. The van der Waals surface area contributed by atoms with Crippen molar-refractivity contribution in [3.05, 3.63) is 71.6 Å². The third-order valence-electron chi connectivity index (χ3n) is 3.79. The Morgan fingerprint density at radius 3 is 2.47 bits per heavy atom. The van der Waals surface area contributed by atoms with Gasteiger partial charge in [0.25, 0.3) is 5.91 Å². The highest BCUT2D eigenvalue weighted by Gasteiger charge is 2.08. The first-order valence-electron chi connectivity index (χ1n) is 9.42. The molecule has 0 saturated heterocycles. The van der Waals surface area contributed by atoms with E-state index in [1.165, 1.54) is 48.6 Å². The Morgan fingerprint density at radius 1 is 1.03 bits per heavy atom. The van der Waals surface area contributed by atoms with Crippen molar-refractivity contribution in [1.29, 1.82) is 0 Å². The molecular weight excluding hydrogens is 391 g/mol.